The topological polar surface area (TPSA) is 75.7 Å². The number of rotatable bonds is 5. The van der Waals surface area contributed by atoms with Crippen LogP contribution in [-0.2, 0) is 10.0 Å². The number of terminal acetylenes is 1. The first-order valence-corrected chi connectivity index (χ1v) is 9.63. The number of amides is 1. The van der Waals surface area contributed by atoms with E-state index in [4.69, 9.17) is 11.2 Å². The normalized spacial score (nSPS) is 21.4. The van der Waals surface area contributed by atoms with Crippen LogP contribution >= 0.6 is 0 Å². The lowest BCUT2D eigenvalue weighted by Gasteiger charge is -2.34. The number of piperidine rings is 1. The maximum absolute atomic E-state index is 13.1. The van der Waals surface area contributed by atoms with Crippen LogP contribution in [0.4, 0.5) is 0 Å². The van der Waals surface area contributed by atoms with E-state index in [9.17, 15) is 13.2 Å². The Labute approximate surface area is 149 Å². The van der Waals surface area contributed by atoms with Crippen molar-refractivity contribution < 1.29 is 17.9 Å². The molecule has 2 atom stereocenters. The molecule has 0 spiro atoms. The van der Waals surface area contributed by atoms with Crippen molar-refractivity contribution in [1.82, 2.24) is 9.62 Å². The summed E-state index contributed by atoms with van der Waals surface area (Å²) in [6.45, 7) is 5.08. The van der Waals surface area contributed by atoms with Crippen molar-refractivity contribution in [2.45, 2.75) is 25.2 Å². The van der Waals surface area contributed by atoms with Gasteiger partial charge in [0.05, 0.1) is 13.7 Å². The van der Waals surface area contributed by atoms with E-state index in [1.165, 1.54) is 29.6 Å². The average molecular weight is 364 g/mol. The van der Waals surface area contributed by atoms with Gasteiger partial charge in [-0.3, -0.25) is 4.79 Å². The van der Waals surface area contributed by atoms with Gasteiger partial charge in [-0.25, -0.2) is 8.42 Å². The lowest BCUT2D eigenvalue weighted by molar-refractivity contribution is 0.0958. The monoisotopic (exact) mass is 364 g/mol. The van der Waals surface area contributed by atoms with Gasteiger partial charge in [-0.05, 0) is 36.5 Å². The number of nitrogens with one attached hydrogen (secondary N) is 1. The molecule has 0 saturated carbocycles. The van der Waals surface area contributed by atoms with E-state index in [-0.39, 0.29) is 34.6 Å². The van der Waals surface area contributed by atoms with Crippen molar-refractivity contribution in [3.8, 4) is 18.1 Å². The Balaban J connectivity index is 2.41. The van der Waals surface area contributed by atoms with Gasteiger partial charge < -0.3 is 10.1 Å². The first-order chi connectivity index (χ1) is 11.8. The highest BCUT2D eigenvalue weighted by molar-refractivity contribution is 7.89. The number of methoxy groups -OCH3 is 1. The van der Waals surface area contributed by atoms with Crippen molar-refractivity contribution in [2.24, 2.45) is 11.8 Å². The molecule has 1 aliphatic heterocycles. The van der Waals surface area contributed by atoms with Crippen molar-refractivity contribution in [2.75, 3.05) is 26.7 Å². The molecule has 6 nitrogen and oxygen atoms in total. The van der Waals surface area contributed by atoms with Crippen LogP contribution in [0.1, 0.15) is 30.6 Å². The molecule has 1 aromatic carbocycles. The first-order valence-electron chi connectivity index (χ1n) is 8.19. The summed E-state index contributed by atoms with van der Waals surface area (Å²) < 4.78 is 33.0. The van der Waals surface area contributed by atoms with E-state index < -0.39 is 15.9 Å². The van der Waals surface area contributed by atoms with E-state index in [0.717, 1.165) is 6.42 Å². The van der Waals surface area contributed by atoms with Crippen LogP contribution in [0.25, 0.3) is 0 Å². The Kier molecular flexibility index (Phi) is 6.09. The maximum atomic E-state index is 13.1. The molecule has 1 heterocycles. The summed E-state index contributed by atoms with van der Waals surface area (Å²) in [6.07, 6.45) is 6.13. The zero-order valence-electron chi connectivity index (χ0n) is 14.8. The number of benzene rings is 1. The van der Waals surface area contributed by atoms with E-state index in [1.54, 1.807) is 0 Å². The summed E-state index contributed by atoms with van der Waals surface area (Å²) >= 11 is 0. The second-order valence-electron chi connectivity index (χ2n) is 6.52. The molecule has 0 aliphatic carbocycles. The fourth-order valence-electron chi connectivity index (χ4n) is 3.19. The number of sulfonamides is 1. The van der Waals surface area contributed by atoms with Crippen LogP contribution in [0.2, 0.25) is 0 Å². The van der Waals surface area contributed by atoms with Gasteiger partial charge in [0.15, 0.2) is 0 Å². The van der Waals surface area contributed by atoms with E-state index in [2.05, 4.69) is 11.2 Å². The largest absolute Gasteiger partial charge is 0.495 e. The van der Waals surface area contributed by atoms with E-state index >= 15 is 0 Å². The number of hydrogen-bond acceptors (Lipinski definition) is 4. The molecule has 0 unspecified atom stereocenters. The summed E-state index contributed by atoms with van der Waals surface area (Å²) in [5.74, 6) is 2.68. The smallest absolute Gasteiger partial charge is 0.252 e. The van der Waals surface area contributed by atoms with Gasteiger partial charge in [-0.1, -0.05) is 19.8 Å². The number of ether oxygens (including phenoxy) is 1. The van der Waals surface area contributed by atoms with Crippen LogP contribution in [0.5, 0.6) is 5.75 Å². The molecule has 0 aromatic heterocycles. The van der Waals surface area contributed by atoms with Gasteiger partial charge in [0, 0.05) is 18.7 Å². The maximum Gasteiger partial charge on any atom is 0.252 e. The number of hydrogen-bond donors (Lipinski definition) is 1. The molecule has 1 N–H and O–H groups in total. The SMILES string of the molecule is C#CCNC(=O)c1ccc(OC)c(S(=O)(=O)N2C[C@@H](C)C[C@H](C)C2)c1. The molecule has 136 valence electrons. The molecule has 0 radical (unpaired) electrons. The van der Waals surface area contributed by atoms with Gasteiger partial charge in [0.2, 0.25) is 10.0 Å². The van der Waals surface area contributed by atoms with Gasteiger partial charge in [-0.2, -0.15) is 4.31 Å². The first kappa shape index (κ1) is 19.3. The molecule has 0 bridgehead atoms. The molecule has 1 aliphatic rings. The summed E-state index contributed by atoms with van der Waals surface area (Å²) in [6, 6.07) is 4.36. The third-order valence-electron chi connectivity index (χ3n) is 4.23. The standard InChI is InChI=1S/C18H24N2O4S/c1-5-8-19-18(21)15-6-7-16(24-4)17(10-15)25(22,23)20-11-13(2)9-14(3)12-20/h1,6-7,10,13-14H,8-9,11-12H2,2-4H3,(H,19,21)/t13-,14-/m0/s1. The Hall–Kier alpha value is -2.04. The number of carbonyl (C=O) groups is 1. The molecule has 25 heavy (non-hydrogen) atoms. The zero-order chi connectivity index (χ0) is 18.6. The summed E-state index contributed by atoms with van der Waals surface area (Å²) in [5.41, 5.74) is 0.229. The summed E-state index contributed by atoms with van der Waals surface area (Å²) in [5, 5.41) is 2.53. The molecular weight excluding hydrogens is 340 g/mol. The fourth-order valence-corrected chi connectivity index (χ4v) is 5.06. The Morgan fingerprint density at radius 3 is 2.56 bits per heavy atom. The lowest BCUT2D eigenvalue weighted by atomic mass is 9.94. The highest BCUT2D eigenvalue weighted by Crippen LogP contribution is 2.32. The molecule has 1 amide bonds. The fraction of sp³-hybridized carbons (Fsp3) is 0.500. The van der Waals surface area contributed by atoms with Crippen molar-refractivity contribution in [3.63, 3.8) is 0 Å². The third-order valence-corrected chi connectivity index (χ3v) is 6.08. The van der Waals surface area contributed by atoms with E-state index in [0.29, 0.717) is 13.1 Å². The van der Waals surface area contributed by atoms with Crippen LogP contribution in [-0.4, -0.2) is 45.4 Å². The van der Waals surface area contributed by atoms with Gasteiger partial charge in [0.25, 0.3) is 5.91 Å². The minimum absolute atomic E-state index is 0.00431. The van der Waals surface area contributed by atoms with Gasteiger partial charge in [-0.15, -0.1) is 6.42 Å². The van der Waals surface area contributed by atoms with Crippen molar-refractivity contribution >= 4 is 15.9 Å². The highest BCUT2D eigenvalue weighted by atomic mass is 32.2. The molecular formula is C18H24N2O4S. The second-order valence-corrected chi connectivity index (χ2v) is 8.43. The summed E-state index contributed by atoms with van der Waals surface area (Å²) in [7, 11) is -2.35. The van der Waals surface area contributed by atoms with Gasteiger partial charge in [0.1, 0.15) is 10.6 Å². The highest BCUT2D eigenvalue weighted by Gasteiger charge is 2.34. The Bertz CT molecular complexity index is 773. The van der Waals surface area contributed by atoms with E-state index in [1.807, 2.05) is 13.8 Å². The third kappa shape index (κ3) is 4.33. The Morgan fingerprint density at radius 1 is 1.36 bits per heavy atom. The molecule has 1 aromatic rings. The van der Waals surface area contributed by atoms with Crippen LogP contribution in [0, 0.1) is 24.2 Å². The van der Waals surface area contributed by atoms with Crippen molar-refractivity contribution in [1.29, 1.82) is 0 Å². The predicted octanol–water partition coefficient (Wildman–Crippen LogP) is 1.72. The second kappa shape index (κ2) is 7.89. The zero-order valence-corrected chi connectivity index (χ0v) is 15.6. The number of nitrogens with zero attached hydrogens (tertiary/aromatic N) is 1. The predicted molar refractivity (Wildman–Crippen MR) is 95.9 cm³/mol. The molecule has 2 rings (SSSR count). The minimum Gasteiger partial charge on any atom is -0.495 e. The van der Waals surface area contributed by atoms with Crippen LogP contribution in [0.3, 0.4) is 0 Å². The Morgan fingerprint density at radius 2 is 2.00 bits per heavy atom. The minimum atomic E-state index is -3.76. The molecule has 1 fully saturated rings. The van der Waals surface area contributed by atoms with Gasteiger partial charge >= 0.3 is 0 Å². The van der Waals surface area contributed by atoms with Crippen LogP contribution < -0.4 is 10.1 Å². The van der Waals surface area contributed by atoms with Crippen molar-refractivity contribution in [3.05, 3.63) is 23.8 Å². The summed E-state index contributed by atoms with van der Waals surface area (Å²) in [4.78, 5) is 12.1. The van der Waals surface area contributed by atoms with Crippen LogP contribution in [0.15, 0.2) is 23.1 Å². The average Bonchev–Trinajstić information content (AvgIpc) is 2.58. The molecule has 1 saturated heterocycles. The number of carbonyl (C=O) groups excluding carboxylic acids is 1. The lowest BCUT2D eigenvalue weighted by Crippen LogP contribution is -2.42. The molecule has 7 heteroatoms. The quantitative estimate of drug-likeness (QED) is 0.808.